The average molecular weight is 147 g/mol. The fourth-order valence-electron chi connectivity index (χ4n) is 0.607. The molecule has 0 bridgehead atoms. The van der Waals surface area contributed by atoms with Gasteiger partial charge in [0.15, 0.2) is 0 Å². The van der Waals surface area contributed by atoms with Crippen molar-refractivity contribution < 1.29 is 2.74 Å². The van der Waals surface area contributed by atoms with Crippen molar-refractivity contribution >= 4 is 0 Å². The van der Waals surface area contributed by atoms with Crippen LogP contribution in [0.1, 0.15) is 22.0 Å². The van der Waals surface area contributed by atoms with E-state index in [9.17, 15) is 0 Å². The number of hydrogen-bond donors (Lipinski definition) is 3. The molecule has 0 aromatic carbocycles. The van der Waals surface area contributed by atoms with Gasteiger partial charge in [-0.2, -0.15) is 0 Å². The summed E-state index contributed by atoms with van der Waals surface area (Å²) in [6, 6.07) is 0. The highest BCUT2D eigenvalue weighted by molar-refractivity contribution is 4.49. The summed E-state index contributed by atoms with van der Waals surface area (Å²) < 4.78 is 14.8. The van der Waals surface area contributed by atoms with Gasteiger partial charge in [-0.15, -0.1) is 0 Å². The molecule has 0 spiro atoms. The fourth-order valence-corrected chi connectivity index (χ4v) is 0.607. The van der Waals surface area contributed by atoms with Gasteiger partial charge in [0.05, 0.1) is 0 Å². The molecule has 10 heavy (non-hydrogen) atoms. The third-order valence-electron chi connectivity index (χ3n) is 1.15. The van der Waals surface area contributed by atoms with Crippen molar-refractivity contribution in [3.63, 3.8) is 0 Å². The SMILES string of the molecule is [2H]C([2H])(CCN)NCCCCN. The Morgan fingerprint density at radius 3 is 2.40 bits per heavy atom. The summed E-state index contributed by atoms with van der Waals surface area (Å²) in [4.78, 5) is 0. The normalized spacial score (nSPS) is 14.6. The minimum atomic E-state index is -1.32. The largest absolute Gasteiger partial charge is 0.330 e. The lowest BCUT2D eigenvalue weighted by molar-refractivity contribution is 0.611. The van der Waals surface area contributed by atoms with Crippen LogP contribution in [0.5, 0.6) is 0 Å². The molecule has 5 N–H and O–H groups in total. The number of nitrogens with one attached hydrogen (secondary N) is 1. The van der Waals surface area contributed by atoms with Crippen LogP contribution in [0, 0.1) is 0 Å². The summed E-state index contributed by atoms with van der Waals surface area (Å²) in [7, 11) is 0. The third kappa shape index (κ3) is 7.88. The van der Waals surface area contributed by atoms with E-state index in [0.29, 0.717) is 26.1 Å². The van der Waals surface area contributed by atoms with Gasteiger partial charge in [-0.3, -0.25) is 0 Å². The van der Waals surface area contributed by atoms with E-state index in [1.165, 1.54) is 0 Å². The maximum atomic E-state index is 7.41. The second-order valence-corrected chi connectivity index (χ2v) is 2.14. The lowest BCUT2D eigenvalue weighted by Gasteiger charge is -2.01. The number of hydrogen-bond acceptors (Lipinski definition) is 3. The fraction of sp³-hybridized carbons (Fsp3) is 1.00. The molecule has 0 heterocycles. The zero-order chi connectivity index (χ0) is 9.45. The van der Waals surface area contributed by atoms with Gasteiger partial charge in [0, 0.05) is 2.74 Å². The van der Waals surface area contributed by atoms with E-state index in [1.807, 2.05) is 0 Å². The highest BCUT2D eigenvalue weighted by Crippen LogP contribution is 1.81. The predicted octanol–water partition coefficient (Wildman–Crippen LogP) is -0.336. The summed E-state index contributed by atoms with van der Waals surface area (Å²) in [5.41, 5.74) is 10.5. The monoisotopic (exact) mass is 147 g/mol. The van der Waals surface area contributed by atoms with Crippen LogP contribution in [0.4, 0.5) is 0 Å². The average Bonchev–Trinajstić information content (AvgIpc) is 1.98. The summed E-state index contributed by atoms with van der Waals surface area (Å²) in [6.07, 6.45) is 2.21. The molecule has 0 aromatic heterocycles. The minimum absolute atomic E-state index is 0.357. The molecule has 0 saturated heterocycles. The Kier molecular flexibility index (Phi) is 5.84. The highest BCUT2D eigenvalue weighted by atomic mass is 14.8. The van der Waals surface area contributed by atoms with Crippen LogP contribution in [0.15, 0.2) is 0 Å². The van der Waals surface area contributed by atoms with E-state index in [4.69, 9.17) is 14.2 Å². The molecule has 0 unspecified atom stereocenters. The van der Waals surface area contributed by atoms with Crippen molar-refractivity contribution in [2.45, 2.75) is 19.3 Å². The summed E-state index contributed by atoms with van der Waals surface area (Å²) in [5, 5.41) is 2.79. The molecule has 0 aliphatic carbocycles. The molecule has 3 heteroatoms. The molecule has 0 aliphatic heterocycles. The first-order valence-corrected chi connectivity index (χ1v) is 3.77. The molecule has 62 valence electrons. The first-order chi connectivity index (χ1) is 5.62. The molecule has 0 aliphatic rings. The van der Waals surface area contributed by atoms with Crippen LogP contribution in [0.3, 0.4) is 0 Å². The van der Waals surface area contributed by atoms with E-state index in [0.717, 1.165) is 12.8 Å². The van der Waals surface area contributed by atoms with E-state index in [2.05, 4.69) is 5.32 Å². The van der Waals surface area contributed by atoms with E-state index >= 15 is 0 Å². The Morgan fingerprint density at radius 2 is 1.80 bits per heavy atom. The van der Waals surface area contributed by atoms with Crippen molar-refractivity contribution in [3.8, 4) is 0 Å². The maximum absolute atomic E-state index is 7.41. The van der Waals surface area contributed by atoms with Gasteiger partial charge in [-0.1, -0.05) is 0 Å². The van der Waals surface area contributed by atoms with Gasteiger partial charge in [-0.25, -0.2) is 0 Å². The Balaban J connectivity index is 3.33. The van der Waals surface area contributed by atoms with E-state index < -0.39 is 6.50 Å². The molecule has 3 nitrogen and oxygen atoms in total. The lowest BCUT2D eigenvalue weighted by Crippen LogP contribution is -2.19. The van der Waals surface area contributed by atoms with Crippen molar-refractivity contribution in [3.05, 3.63) is 0 Å². The first-order valence-electron chi connectivity index (χ1n) is 4.77. The number of unbranched alkanes of at least 4 members (excludes halogenated alkanes) is 1. The second-order valence-electron chi connectivity index (χ2n) is 2.14. The van der Waals surface area contributed by atoms with E-state index in [-0.39, 0.29) is 0 Å². The molecule has 0 saturated carbocycles. The van der Waals surface area contributed by atoms with Crippen LogP contribution in [0.25, 0.3) is 0 Å². The Bertz CT molecular complexity index is 109. The molecular weight excluding hydrogens is 126 g/mol. The van der Waals surface area contributed by atoms with Gasteiger partial charge < -0.3 is 16.8 Å². The maximum Gasteiger partial charge on any atom is 0.0428 e. The summed E-state index contributed by atoms with van der Waals surface area (Å²) >= 11 is 0. The number of rotatable bonds is 7. The van der Waals surface area contributed by atoms with Gasteiger partial charge in [0.25, 0.3) is 0 Å². The van der Waals surface area contributed by atoms with Crippen LogP contribution in [0.2, 0.25) is 0 Å². The van der Waals surface area contributed by atoms with Crippen LogP contribution in [-0.2, 0) is 0 Å². The number of nitrogens with two attached hydrogens (primary N) is 2. The zero-order valence-corrected chi connectivity index (χ0v) is 6.40. The first kappa shape index (κ1) is 6.58. The molecular formula is C7H19N3. The van der Waals surface area contributed by atoms with Crippen LogP contribution >= 0.6 is 0 Å². The Labute approximate surface area is 66.0 Å². The van der Waals surface area contributed by atoms with Gasteiger partial charge >= 0.3 is 0 Å². The van der Waals surface area contributed by atoms with Crippen LogP contribution < -0.4 is 16.8 Å². The molecule has 0 fully saturated rings. The summed E-state index contributed by atoms with van der Waals surface area (Å²) in [5.74, 6) is 0. The lowest BCUT2D eigenvalue weighted by atomic mass is 10.3. The second kappa shape index (κ2) is 8.88. The highest BCUT2D eigenvalue weighted by Gasteiger charge is 1.85. The summed E-state index contributed by atoms with van der Waals surface area (Å²) in [6.45, 7) is 0.395. The van der Waals surface area contributed by atoms with E-state index in [1.54, 1.807) is 0 Å². The molecule has 0 amide bonds. The standard InChI is InChI=1S/C7H19N3/c8-4-1-2-6-10-7-3-5-9/h10H,1-9H2/i7D2. The van der Waals surface area contributed by atoms with Crippen molar-refractivity contribution in [2.24, 2.45) is 11.5 Å². The van der Waals surface area contributed by atoms with Crippen LogP contribution in [-0.4, -0.2) is 26.1 Å². The molecule has 0 atom stereocenters. The van der Waals surface area contributed by atoms with Crippen molar-refractivity contribution in [1.82, 2.24) is 5.32 Å². The Hall–Kier alpha value is -0.120. The van der Waals surface area contributed by atoms with Gasteiger partial charge in [0.1, 0.15) is 0 Å². The topological polar surface area (TPSA) is 64.1 Å². The van der Waals surface area contributed by atoms with Crippen molar-refractivity contribution in [2.75, 3.05) is 26.1 Å². The Morgan fingerprint density at radius 1 is 1.10 bits per heavy atom. The smallest absolute Gasteiger partial charge is 0.0428 e. The minimum Gasteiger partial charge on any atom is -0.330 e. The quantitative estimate of drug-likeness (QED) is 0.432. The zero-order valence-electron chi connectivity index (χ0n) is 8.40. The molecule has 0 radical (unpaired) electrons. The van der Waals surface area contributed by atoms with Crippen molar-refractivity contribution in [1.29, 1.82) is 0 Å². The van der Waals surface area contributed by atoms with Gasteiger partial charge in [0.2, 0.25) is 0 Å². The third-order valence-corrected chi connectivity index (χ3v) is 1.15. The predicted molar refractivity (Wildman–Crippen MR) is 44.8 cm³/mol. The molecule has 0 aromatic rings. The van der Waals surface area contributed by atoms with Gasteiger partial charge in [-0.05, 0) is 45.4 Å². The molecule has 0 rings (SSSR count).